The summed E-state index contributed by atoms with van der Waals surface area (Å²) in [6.45, 7) is 5.49. The minimum absolute atomic E-state index is 0.232. The Morgan fingerprint density at radius 1 is 1.61 bits per heavy atom. The lowest BCUT2D eigenvalue weighted by atomic mass is 9.99. The molecule has 1 rings (SSSR count). The van der Waals surface area contributed by atoms with Crippen LogP contribution in [0.1, 0.15) is 27.2 Å². The maximum atomic E-state index is 12.0. The van der Waals surface area contributed by atoms with Gasteiger partial charge in [-0.1, -0.05) is 6.92 Å². The summed E-state index contributed by atoms with van der Waals surface area (Å²) in [6.07, 6.45) is 0.266. The van der Waals surface area contributed by atoms with E-state index in [1.165, 1.54) is 11.8 Å². The number of nitrogens with one attached hydrogen (secondary N) is 2. The average Bonchev–Trinajstić information content (AvgIpc) is 2.32. The van der Waals surface area contributed by atoms with Gasteiger partial charge in [-0.05, 0) is 20.3 Å². The second-order valence-electron chi connectivity index (χ2n) is 4.58. The molecule has 0 aliphatic carbocycles. The Morgan fingerprint density at radius 3 is 2.72 bits per heavy atom. The first-order chi connectivity index (χ1) is 8.31. The van der Waals surface area contributed by atoms with Gasteiger partial charge < -0.3 is 20.6 Å². The SMILES string of the molecule is CCC(C)(NC(=O)N1CCNC(=O)C1C)C(=O)O. The number of hydrogen-bond acceptors (Lipinski definition) is 3. The summed E-state index contributed by atoms with van der Waals surface area (Å²) in [6, 6.07) is -1.11. The topological polar surface area (TPSA) is 98.7 Å². The van der Waals surface area contributed by atoms with Gasteiger partial charge in [0.2, 0.25) is 5.91 Å². The maximum Gasteiger partial charge on any atom is 0.329 e. The van der Waals surface area contributed by atoms with E-state index in [9.17, 15) is 14.4 Å². The summed E-state index contributed by atoms with van der Waals surface area (Å²) < 4.78 is 0. The molecule has 3 N–H and O–H groups in total. The van der Waals surface area contributed by atoms with Crippen LogP contribution in [0.25, 0.3) is 0 Å². The molecule has 7 heteroatoms. The number of hydrogen-bond donors (Lipinski definition) is 3. The van der Waals surface area contributed by atoms with Gasteiger partial charge in [0.15, 0.2) is 0 Å². The van der Waals surface area contributed by atoms with Crippen molar-refractivity contribution in [2.24, 2.45) is 0 Å². The Hall–Kier alpha value is -1.79. The van der Waals surface area contributed by atoms with Crippen LogP contribution in [0, 0.1) is 0 Å². The normalized spacial score (nSPS) is 22.9. The molecule has 1 aliphatic heterocycles. The fraction of sp³-hybridized carbons (Fsp3) is 0.727. The van der Waals surface area contributed by atoms with Crippen LogP contribution in [0.2, 0.25) is 0 Å². The van der Waals surface area contributed by atoms with Crippen LogP contribution in [0.3, 0.4) is 0 Å². The number of piperazine rings is 1. The first-order valence-electron chi connectivity index (χ1n) is 5.91. The van der Waals surface area contributed by atoms with Crippen LogP contribution >= 0.6 is 0 Å². The number of carbonyl (C=O) groups is 3. The van der Waals surface area contributed by atoms with E-state index in [0.29, 0.717) is 13.1 Å². The molecule has 1 saturated heterocycles. The number of aliphatic carboxylic acids is 1. The fourth-order valence-electron chi connectivity index (χ4n) is 1.66. The Labute approximate surface area is 106 Å². The second kappa shape index (κ2) is 5.24. The third-order valence-corrected chi connectivity index (χ3v) is 3.32. The maximum absolute atomic E-state index is 12.0. The van der Waals surface area contributed by atoms with Crippen molar-refractivity contribution in [2.45, 2.75) is 38.8 Å². The molecule has 0 spiro atoms. The Kier molecular flexibility index (Phi) is 4.15. The molecule has 102 valence electrons. The molecule has 0 bridgehead atoms. The van der Waals surface area contributed by atoms with Crippen LogP contribution < -0.4 is 10.6 Å². The van der Waals surface area contributed by atoms with Gasteiger partial charge in [0, 0.05) is 13.1 Å². The number of amides is 3. The Morgan fingerprint density at radius 2 is 2.22 bits per heavy atom. The quantitative estimate of drug-likeness (QED) is 0.650. The highest BCUT2D eigenvalue weighted by Crippen LogP contribution is 2.12. The molecule has 1 heterocycles. The average molecular weight is 257 g/mol. The molecule has 18 heavy (non-hydrogen) atoms. The van der Waals surface area contributed by atoms with E-state index in [1.807, 2.05) is 0 Å². The summed E-state index contributed by atoms with van der Waals surface area (Å²) >= 11 is 0. The lowest BCUT2D eigenvalue weighted by Gasteiger charge is -2.35. The van der Waals surface area contributed by atoms with E-state index >= 15 is 0 Å². The number of urea groups is 1. The summed E-state index contributed by atoms with van der Waals surface area (Å²) in [5.41, 5.74) is -1.31. The molecule has 0 aromatic carbocycles. The van der Waals surface area contributed by atoms with Crippen molar-refractivity contribution >= 4 is 17.9 Å². The van der Waals surface area contributed by atoms with Crippen molar-refractivity contribution in [2.75, 3.05) is 13.1 Å². The van der Waals surface area contributed by atoms with Gasteiger partial charge in [0.25, 0.3) is 0 Å². The highest BCUT2D eigenvalue weighted by molar-refractivity contribution is 5.90. The standard InChI is InChI=1S/C11H19N3O4/c1-4-11(3,9(16)17)13-10(18)14-6-5-12-8(15)7(14)2/h7H,4-6H2,1-3H3,(H,12,15)(H,13,18)(H,16,17). The van der Waals surface area contributed by atoms with Crippen molar-refractivity contribution in [3.63, 3.8) is 0 Å². The largest absolute Gasteiger partial charge is 0.480 e. The van der Waals surface area contributed by atoms with E-state index < -0.39 is 23.6 Å². The molecule has 0 radical (unpaired) electrons. The molecule has 0 saturated carbocycles. The molecule has 3 amide bonds. The predicted octanol–water partition coefficient (Wildman–Crippen LogP) is -0.230. The minimum atomic E-state index is -1.31. The van der Waals surface area contributed by atoms with Gasteiger partial charge >= 0.3 is 12.0 Å². The molecule has 0 aromatic rings. The third kappa shape index (κ3) is 2.72. The van der Waals surface area contributed by atoms with E-state index in [-0.39, 0.29) is 12.3 Å². The van der Waals surface area contributed by atoms with Crippen molar-refractivity contribution < 1.29 is 19.5 Å². The van der Waals surface area contributed by atoms with E-state index in [4.69, 9.17) is 5.11 Å². The monoisotopic (exact) mass is 257 g/mol. The van der Waals surface area contributed by atoms with Crippen LogP contribution in [-0.4, -0.2) is 52.6 Å². The van der Waals surface area contributed by atoms with Gasteiger partial charge in [-0.25, -0.2) is 9.59 Å². The van der Waals surface area contributed by atoms with Crippen molar-refractivity contribution in [3.05, 3.63) is 0 Å². The molecule has 0 aromatic heterocycles. The number of carboxylic acids is 1. The summed E-state index contributed by atoms with van der Waals surface area (Å²) in [5.74, 6) is -1.32. The first-order valence-corrected chi connectivity index (χ1v) is 5.91. The second-order valence-corrected chi connectivity index (χ2v) is 4.58. The zero-order valence-corrected chi connectivity index (χ0v) is 10.8. The van der Waals surface area contributed by atoms with Gasteiger partial charge in [-0.2, -0.15) is 0 Å². The van der Waals surface area contributed by atoms with Crippen molar-refractivity contribution in [3.8, 4) is 0 Å². The van der Waals surface area contributed by atoms with Crippen LogP contribution in [-0.2, 0) is 9.59 Å². The lowest BCUT2D eigenvalue weighted by Crippen LogP contribution is -2.62. The van der Waals surface area contributed by atoms with E-state index in [1.54, 1.807) is 13.8 Å². The Bertz CT molecular complexity index is 371. The van der Waals surface area contributed by atoms with Crippen molar-refractivity contribution in [1.29, 1.82) is 0 Å². The summed E-state index contributed by atoms with van der Waals surface area (Å²) in [4.78, 5) is 35.9. The van der Waals surface area contributed by atoms with E-state index in [2.05, 4.69) is 10.6 Å². The molecule has 2 unspecified atom stereocenters. The highest BCUT2D eigenvalue weighted by Gasteiger charge is 2.37. The van der Waals surface area contributed by atoms with E-state index in [0.717, 1.165) is 0 Å². The predicted molar refractivity (Wildman–Crippen MR) is 64.0 cm³/mol. The fourth-order valence-corrected chi connectivity index (χ4v) is 1.66. The highest BCUT2D eigenvalue weighted by atomic mass is 16.4. The van der Waals surface area contributed by atoms with Crippen LogP contribution in [0.15, 0.2) is 0 Å². The molecule has 2 atom stereocenters. The summed E-state index contributed by atoms with van der Waals surface area (Å²) in [5, 5.41) is 14.2. The van der Waals surface area contributed by atoms with Crippen LogP contribution in [0.5, 0.6) is 0 Å². The van der Waals surface area contributed by atoms with Gasteiger partial charge in [0.1, 0.15) is 11.6 Å². The molecule has 7 nitrogen and oxygen atoms in total. The zero-order chi connectivity index (χ0) is 13.9. The van der Waals surface area contributed by atoms with Gasteiger partial charge in [0.05, 0.1) is 0 Å². The molecule has 1 aliphatic rings. The molecule has 1 fully saturated rings. The third-order valence-electron chi connectivity index (χ3n) is 3.32. The Balaban J connectivity index is 2.76. The van der Waals surface area contributed by atoms with Gasteiger partial charge in [-0.15, -0.1) is 0 Å². The smallest absolute Gasteiger partial charge is 0.329 e. The first kappa shape index (κ1) is 14.3. The minimum Gasteiger partial charge on any atom is -0.480 e. The summed E-state index contributed by atoms with van der Waals surface area (Å²) in [7, 11) is 0. The molecular weight excluding hydrogens is 238 g/mol. The van der Waals surface area contributed by atoms with Crippen LogP contribution in [0.4, 0.5) is 4.79 Å². The van der Waals surface area contributed by atoms with Gasteiger partial charge in [-0.3, -0.25) is 4.79 Å². The zero-order valence-electron chi connectivity index (χ0n) is 10.8. The number of carboxylic acid groups (broad SMARTS) is 1. The molecular formula is C11H19N3O4. The lowest BCUT2D eigenvalue weighted by molar-refractivity contribution is -0.143. The van der Waals surface area contributed by atoms with Crippen molar-refractivity contribution in [1.82, 2.24) is 15.5 Å². The number of nitrogens with zero attached hydrogens (tertiary/aromatic N) is 1. The number of rotatable bonds is 3. The number of carbonyl (C=O) groups excluding carboxylic acids is 2.